The van der Waals surface area contributed by atoms with Crippen LogP contribution < -0.4 is 4.90 Å². The van der Waals surface area contributed by atoms with Gasteiger partial charge in [-0.1, -0.05) is 0 Å². The van der Waals surface area contributed by atoms with Crippen LogP contribution in [0.4, 0.5) is 17.2 Å². The Morgan fingerprint density at radius 1 is 0.939 bits per heavy atom. The summed E-state index contributed by atoms with van der Waals surface area (Å²) in [5.74, 6) is 1.09. The third-order valence-electron chi connectivity index (χ3n) is 5.30. The molecular weight excluding hydrogens is 456 g/mol. The molecule has 1 fully saturated rings. The van der Waals surface area contributed by atoms with Crippen molar-refractivity contribution in [3.8, 4) is 5.82 Å². The van der Waals surface area contributed by atoms with E-state index >= 15 is 0 Å². The van der Waals surface area contributed by atoms with Gasteiger partial charge in [-0.2, -0.15) is 9.40 Å². The number of nitro groups is 2. The molecule has 1 saturated heterocycles. The molecule has 0 N–H and O–H groups in total. The Bertz CT molecular complexity index is 1270. The van der Waals surface area contributed by atoms with Gasteiger partial charge >= 0.3 is 0 Å². The molecule has 0 radical (unpaired) electrons. The van der Waals surface area contributed by atoms with Crippen molar-refractivity contribution in [2.45, 2.75) is 11.8 Å². The fraction of sp³-hybridized carbons (Fsp3) is 0.278. The topological polar surface area (TPSA) is 170 Å². The zero-order chi connectivity index (χ0) is 23.8. The molecule has 2 aromatic heterocycles. The molecule has 14 nitrogen and oxygen atoms in total. The van der Waals surface area contributed by atoms with Gasteiger partial charge in [0.05, 0.1) is 14.7 Å². The second-order valence-electron chi connectivity index (χ2n) is 7.19. The van der Waals surface area contributed by atoms with Crippen LogP contribution >= 0.6 is 0 Å². The highest BCUT2D eigenvalue weighted by atomic mass is 32.2. The Balaban J connectivity index is 1.52. The molecule has 3 heterocycles. The molecule has 1 aliphatic rings. The quantitative estimate of drug-likeness (QED) is 0.374. The Morgan fingerprint density at radius 2 is 1.52 bits per heavy atom. The molecule has 3 aromatic rings. The van der Waals surface area contributed by atoms with E-state index in [9.17, 15) is 28.6 Å². The van der Waals surface area contributed by atoms with Crippen molar-refractivity contribution >= 4 is 27.2 Å². The summed E-state index contributed by atoms with van der Waals surface area (Å²) in [6.07, 6.45) is 3.35. The maximum Gasteiger partial charge on any atom is 0.280 e. The summed E-state index contributed by atoms with van der Waals surface area (Å²) in [6.45, 7) is 1.95. The van der Waals surface area contributed by atoms with Crippen molar-refractivity contribution in [3.63, 3.8) is 0 Å². The molecular formula is C18H18N8O6S. The zero-order valence-corrected chi connectivity index (χ0v) is 18.1. The van der Waals surface area contributed by atoms with Gasteiger partial charge in [0.25, 0.3) is 11.4 Å². The number of anilines is 1. The molecule has 172 valence electrons. The Hall–Kier alpha value is -3.98. The van der Waals surface area contributed by atoms with Crippen LogP contribution in [0.1, 0.15) is 5.56 Å². The number of rotatable bonds is 6. The van der Waals surface area contributed by atoms with E-state index in [1.54, 1.807) is 35.3 Å². The van der Waals surface area contributed by atoms with Gasteiger partial charge in [0.15, 0.2) is 11.6 Å². The largest absolute Gasteiger partial charge is 0.352 e. The standard InChI is InChI=1S/C18H18N8O6S/c1-13-15(25(27)28)11-14(12-16(13)26(29)30)33(31,32)23-9-7-22(8-10-23)17-3-4-18(21-20-17)24-6-2-5-19-24/h2-6,11-12H,7-10H2,1H3. The van der Waals surface area contributed by atoms with E-state index in [4.69, 9.17) is 0 Å². The van der Waals surface area contributed by atoms with Crippen LogP contribution in [-0.4, -0.2) is 68.7 Å². The second kappa shape index (κ2) is 8.51. The Morgan fingerprint density at radius 3 is 2.00 bits per heavy atom. The predicted molar refractivity (Wildman–Crippen MR) is 115 cm³/mol. The number of benzene rings is 1. The minimum absolute atomic E-state index is 0.0698. The average Bonchev–Trinajstić information content (AvgIpc) is 3.34. The second-order valence-corrected chi connectivity index (χ2v) is 9.13. The normalized spacial score (nSPS) is 14.9. The number of hydrogen-bond acceptors (Lipinski definition) is 10. The molecule has 33 heavy (non-hydrogen) atoms. The highest BCUT2D eigenvalue weighted by Crippen LogP contribution is 2.33. The first-order chi connectivity index (χ1) is 15.7. The predicted octanol–water partition coefficient (Wildman–Crippen LogP) is 1.30. The average molecular weight is 474 g/mol. The maximum absolute atomic E-state index is 13.1. The van der Waals surface area contributed by atoms with Gasteiger partial charge in [-0.3, -0.25) is 20.2 Å². The van der Waals surface area contributed by atoms with Gasteiger partial charge in [-0.15, -0.1) is 10.2 Å². The molecule has 0 unspecified atom stereocenters. The monoisotopic (exact) mass is 474 g/mol. The van der Waals surface area contributed by atoms with Crippen molar-refractivity contribution < 1.29 is 18.3 Å². The zero-order valence-electron chi connectivity index (χ0n) is 17.3. The van der Waals surface area contributed by atoms with Crippen molar-refractivity contribution in [2.75, 3.05) is 31.1 Å². The first-order valence-corrected chi connectivity index (χ1v) is 11.1. The van der Waals surface area contributed by atoms with E-state index in [2.05, 4.69) is 15.3 Å². The molecule has 0 spiro atoms. The van der Waals surface area contributed by atoms with Gasteiger partial charge < -0.3 is 4.90 Å². The van der Waals surface area contributed by atoms with Crippen molar-refractivity contribution in [3.05, 3.63) is 68.5 Å². The number of nitrogens with zero attached hydrogens (tertiary/aromatic N) is 8. The van der Waals surface area contributed by atoms with E-state index in [1.165, 1.54) is 6.92 Å². The van der Waals surface area contributed by atoms with Crippen LogP contribution in [0.15, 0.2) is 47.6 Å². The lowest BCUT2D eigenvalue weighted by molar-refractivity contribution is -0.395. The molecule has 0 bridgehead atoms. The van der Waals surface area contributed by atoms with Crippen molar-refractivity contribution in [1.29, 1.82) is 0 Å². The summed E-state index contributed by atoms with van der Waals surface area (Å²) >= 11 is 0. The highest BCUT2D eigenvalue weighted by molar-refractivity contribution is 7.89. The van der Waals surface area contributed by atoms with Crippen LogP contribution in [-0.2, 0) is 10.0 Å². The van der Waals surface area contributed by atoms with Gasteiger partial charge in [0.1, 0.15) is 5.56 Å². The third kappa shape index (κ3) is 4.22. The number of hydrogen-bond donors (Lipinski definition) is 0. The number of aromatic nitrogens is 4. The lowest BCUT2D eigenvalue weighted by Gasteiger charge is -2.34. The molecule has 0 saturated carbocycles. The fourth-order valence-corrected chi connectivity index (χ4v) is 4.97. The van der Waals surface area contributed by atoms with Crippen LogP contribution in [0.25, 0.3) is 5.82 Å². The molecule has 1 aromatic carbocycles. The van der Waals surface area contributed by atoms with Gasteiger partial charge in [0.2, 0.25) is 10.0 Å². The Labute approximate surface area is 187 Å². The van der Waals surface area contributed by atoms with E-state index in [0.29, 0.717) is 24.7 Å². The minimum atomic E-state index is -4.18. The first-order valence-electron chi connectivity index (χ1n) is 9.71. The molecule has 0 atom stereocenters. The molecule has 15 heteroatoms. The molecule has 0 amide bonds. The third-order valence-corrected chi connectivity index (χ3v) is 7.17. The maximum atomic E-state index is 13.1. The number of piperazine rings is 1. The summed E-state index contributed by atoms with van der Waals surface area (Å²) in [5.41, 5.74) is -1.44. The Kier molecular flexibility index (Phi) is 5.73. The summed E-state index contributed by atoms with van der Waals surface area (Å²) in [7, 11) is -4.18. The van der Waals surface area contributed by atoms with Crippen molar-refractivity contribution in [2.24, 2.45) is 0 Å². The summed E-state index contributed by atoms with van der Waals surface area (Å²) in [4.78, 5) is 22.3. The van der Waals surface area contributed by atoms with Crippen LogP contribution in [0.3, 0.4) is 0 Å². The van der Waals surface area contributed by atoms with E-state index < -0.39 is 36.1 Å². The van der Waals surface area contributed by atoms with Crippen LogP contribution in [0, 0.1) is 27.2 Å². The van der Waals surface area contributed by atoms with Crippen molar-refractivity contribution in [1.82, 2.24) is 24.3 Å². The van der Waals surface area contributed by atoms with E-state index in [1.807, 2.05) is 4.90 Å². The highest BCUT2D eigenvalue weighted by Gasteiger charge is 2.33. The number of nitro benzene ring substituents is 2. The fourth-order valence-electron chi connectivity index (χ4n) is 3.51. The summed E-state index contributed by atoms with van der Waals surface area (Å²) in [6, 6.07) is 6.98. The summed E-state index contributed by atoms with van der Waals surface area (Å²) < 4.78 is 28.9. The van der Waals surface area contributed by atoms with Gasteiger partial charge in [0, 0.05) is 50.7 Å². The van der Waals surface area contributed by atoms with Gasteiger partial charge in [-0.05, 0) is 25.1 Å². The SMILES string of the molecule is Cc1c([N+](=O)[O-])cc(S(=O)(=O)N2CCN(c3ccc(-n4cccn4)nn3)CC2)cc1[N+](=O)[O-]. The molecule has 0 aliphatic carbocycles. The molecule has 4 rings (SSSR count). The molecule has 1 aliphatic heterocycles. The van der Waals surface area contributed by atoms with E-state index in [0.717, 1.165) is 16.4 Å². The van der Waals surface area contributed by atoms with Gasteiger partial charge in [-0.25, -0.2) is 13.1 Å². The van der Waals surface area contributed by atoms with Crippen LogP contribution in [0.5, 0.6) is 0 Å². The smallest absolute Gasteiger partial charge is 0.280 e. The summed E-state index contributed by atoms with van der Waals surface area (Å²) in [5, 5.41) is 35.0. The number of sulfonamides is 1. The first kappa shape index (κ1) is 22.2. The lowest BCUT2D eigenvalue weighted by atomic mass is 10.1. The van der Waals surface area contributed by atoms with Crippen LogP contribution in [0.2, 0.25) is 0 Å². The minimum Gasteiger partial charge on any atom is -0.352 e. The van der Waals surface area contributed by atoms with E-state index in [-0.39, 0.29) is 18.7 Å². The lowest BCUT2D eigenvalue weighted by Crippen LogP contribution is -2.49.